The van der Waals surface area contributed by atoms with E-state index in [-0.39, 0.29) is 17.1 Å². The third-order valence-electron chi connectivity index (χ3n) is 5.15. The van der Waals surface area contributed by atoms with Gasteiger partial charge in [0.2, 0.25) is 0 Å². The molecule has 1 aliphatic heterocycles. The molecule has 154 valence electrons. The highest BCUT2D eigenvalue weighted by atomic mass is 32.2. The maximum atomic E-state index is 13.2. The van der Waals surface area contributed by atoms with Crippen molar-refractivity contribution in [1.29, 1.82) is 0 Å². The number of rotatable bonds is 4. The maximum Gasteiger partial charge on any atom is 0.280 e. The molecule has 1 aliphatic rings. The van der Waals surface area contributed by atoms with E-state index in [9.17, 15) is 18.0 Å². The van der Waals surface area contributed by atoms with Crippen molar-refractivity contribution >= 4 is 15.7 Å². The van der Waals surface area contributed by atoms with Crippen LogP contribution in [-0.2, 0) is 16.9 Å². The van der Waals surface area contributed by atoms with Crippen molar-refractivity contribution in [2.75, 3.05) is 11.5 Å². The molecule has 1 N–H and O–H groups in total. The van der Waals surface area contributed by atoms with Crippen LogP contribution >= 0.6 is 0 Å². The molecule has 1 amide bonds. The summed E-state index contributed by atoms with van der Waals surface area (Å²) in [7, 11) is -1.67. The van der Waals surface area contributed by atoms with Crippen molar-refractivity contribution in [1.82, 2.24) is 15.1 Å². The minimum absolute atomic E-state index is 0.0348. The summed E-state index contributed by atoms with van der Waals surface area (Å²) in [5.74, 6) is -0.667. The zero-order chi connectivity index (χ0) is 21.3. The third-order valence-corrected chi connectivity index (χ3v) is 6.92. The first kappa shape index (κ1) is 20.0. The number of carbonyl (C=O) groups excluding carboxylic acids is 1. The first-order chi connectivity index (χ1) is 14.4. The molecule has 2 aromatic carbocycles. The second kappa shape index (κ2) is 7.87. The number of aryl methyl sites for hydroxylation is 1. The molecule has 0 radical (unpaired) electrons. The fraction of sp³-hybridized carbons (Fsp3) is 0.227. The van der Waals surface area contributed by atoms with Crippen LogP contribution in [0.15, 0.2) is 65.5 Å². The Morgan fingerprint density at radius 2 is 1.63 bits per heavy atom. The molecule has 3 aromatic rings. The van der Waals surface area contributed by atoms with Crippen LogP contribution in [-0.4, -0.2) is 41.7 Å². The standard InChI is InChI=1S/C22H21N3O4S/c1-25-22(27)19(21(26)23-17-12-13-30(28,29)14-17)18(15-8-4-2-5-9-15)20(24-25)16-10-6-3-7-11-16/h2-11,17H,12-14H2,1H3,(H,23,26)/t17-/m1/s1. The fourth-order valence-electron chi connectivity index (χ4n) is 3.69. The largest absolute Gasteiger partial charge is 0.348 e. The number of amides is 1. The van der Waals surface area contributed by atoms with Gasteiger partial charge in [0.25, 0.3) is 11.5 Å². The van der Waals surface area contributed by atoms with Crippen molar-refractivity contribution in [2.45, 2.75) is 12.5 Å². The number of sulfone groups is 1. The molecule has 2 heterocycles. The van der Waals surface area contributed by atoms with E-state index in [2.05, 4.69) is 10.4 Å². The minimum atomic E-state index is -3.17. The van der Waals surface area contributed by atoms with Crippen molar-refractivity contribution in [2.24, 2.45) is 7.05 Å². The average Bonchev–Trinajstić information content (AvgIpc) is 3.08. The summed E-state index contributed by atoms with van der Waals surface area (Å²) in [6.45, 7) is 0. The number of aromatic nitrogens is 2. The lowest BCUT2D eigenvalue weighted by Crippen LogP contribution is -2.40. The molecular formula is C22H21N3O4S. The van der Waals surface area contributed by atoms with E-state index in [1.54, 1.807) is 0 Å². The van der Waals surface area contributed by atoms with Gasteiger partial charge in [-0.3, -0.25) is 9.59 Å². The highest BCUT2D eigenvalue weighted by molar-refractivity contribution is 7.91. The molecular weight excluding hydrogens is 402 g/mol. The first-order valence-corrected chi connectivity index (χ1v) is 11.4. The smallest absolute Gasteiger partial charge is 0.280 e. The molecule has 0 unspecified atom stereocenters. The molecule has 4 rings (SSSR count). The molecule has 1 fully saturated rings. The highest BCUT2D eigenvalue weighted by Gasteiger charge is 2.31. The molecule has 0 bridgehead atoms. The predicted molar refractivity (Wildman–Crippen MR) is 115 cm³/mol. The predicted octanol–water partition coefficient (Wildman–Crippen LogP) is 2.03. The number of nitrogens with one attached hydrogen (secondary N) is 1. The van der Waals surface area contributed by atoms with Crippen LogP contribution in [0.2, 0.25) is 0 Å². The molecule has 1 atom stereocenters. The number of hydrogen-bond donors (Lipinski definition) is 1. The van der Waals surface area contributed by atoms with E-state index in [1.807, 2.05) is 60.7 Å². The Balaban J connectivity index is 1.90. The molecule has 0 saturated carbocycles. The average molecular weight is 423 g/mol. The van der Waals surface area contributed by atoms with Gasteiger partial charge in [0.1, 0.15) is 5.56 Å². The topological polar surface area (TPSA) is 98.1 Å². The lowest BCUT2D eigenvalue weighted by Gasteiger charge is -2.17. The van der Waals surface area contributed by atoms with Crippen molar-refractivity contribution in [3.05, 3.63) is 76.6 Å². The Morgan fingerprint density at radius 3 is 2.20 bits per heavy atom. The van der Waals surface area contributed by atoms with Gasteiger partial charge in [0.15, 0.2) is 9.84 Å². The van der Waals surface area contributed by atoms with E-state index in [4.69, 9.17) is 0 Å². The van der Waals surface area contributed by atoms with Crippen molar-refractivity contribution in [3.63, 3.8) is 0 Å². The first-order valence-electron chi connectivity index (χ1n) is 9.59. The quantitative estimate of drug-likeness (QED) is 0.692. The lowest BCUT2D eigenvalue weighted by molar-refractivity contribution is 0.0939. The maximum absolute atomic E-state index is 13.2. The van der Waals surface area contributed by atoms with Gasteiger partial charge in [0.05, 0.1) is 17.2 Å². The minimum Gasteiger partial charge on any atom is -0.348 e. The molecule has 7 nitrogen and oxygen atoms in total. The summed E-state index contributed by atoms with van der Waals surface area (Å²) in [6.07, 6.45) is 0.339. The van der Waals surface area contributed by atoms with Gasteiger partial charge in [-0.05, 0) is 12.0 Å². The van der Waals surface area contributed by atoms with E-state index < -0.39 is 27.3 Å². The van der Waals surface area contributed by atoms with Crippen molar-refractivity contribution < 1.29 is 13.2 Å². The molecule has 0 aliphatic carbocycles. The van der Waals surface area contributed by atoms with E-state index in [0.29, 0.717) is 23.2 Å². The van der Waals surface area contributed by atoms with Crippen molar-refractivity contribution in [3.8, 4) is 22.4 Å². The number of hydrogen-bond acceptors (Lipinski definition) is 5. The Morgan fingerprint density at radius 1 is 1.03 bits per heavy atom. The van der Waals surface area contributed by atoms with Gasteiger partial charge >= 0.3 is 0 Å². The SMILES string of the molecule is Cn1nc(-c2ccccc2)c(-c2ccccc2)c(C(=O)N[C@@H]2CCS(=O)(=O)C2)c1=O. The number of carbonyl (C=O) groups is 1. The Labute approximate surface area is 174 Å². The highest BCUT2D eigenvalue weighted by Crippen LogP contribution is 2.32. The number of nitrogens with zero attached hydrogens (tertiary/aromatic N) is 2. The second-order valence-electron chi connectivity index (χ2n) is 7.33. The Kier molecular flexibility index (Phi) is 5.26. The third kappa shape index (κ3) is 3.91. The molecule has 30 heavy (non-hydrogen) atoms. The van der Waals surface area contributed by atoms with Gasteiger partial charge in [-0.25, -0.2) is 13.1 Å². The van der Waals surface area contributed by atoms with Crippen LogP contribution in [0.5, 0.6) is 0 Å². The van der Waals surface area contributed by atoms with Crippen LogP contribution in [0.3, 0.4) is 0 Å². The van der Waals surface area contributed by atoms with E-state index in [0.717, 1.165) is 10.2 Å². The molecule has 8 heteroatoms. The summed E-state index contributed by atoms with van der Waals surface area (Å²) in [4.78, 5) is 26.2. The summed E-state index contributed by atoms with van der Waals surface area (Å²) < 4.78 is 24.7. The summed E-state index contributed by atoms with van der Waals surface area (Å²) >= 11 is 0. The lowest BCUT2D eigenvalue weighted by atomic mass is 9.95. The Hall–Kier alpha value is -3.26. The van der Waals surface area contributed by atoms with Crippen LogP contribution in [0.25, 0.3) is 22.4 Å². The Bertz CT molecular complexity index is 1250. The van der Waals surface area contributed by atoms with Gasteiger partial charge in [-0.1, -0.05) is 60.7 Å². The van der Waals surface area contributed by atoms with Gasteiger partial charge in [-0.15, -0.1) is 0 Å². The monoisotopic (exact) mass is 423 g/mol. The fourth-order valence-corrected chi connectivity index (χ4v) is 5.37. The molecule has 0 spiro atoms. The van der Waals surface area contributed by atoms with Gasteiger partial charge in [-0.2, -0.15) is 5.10 Å². The second-order valence-corrected chi connectivity index (χ2v) is 9.56. The molecule has 1 saturated heterocycles. The summed E-state index contributed by atoms with van der Waals surface area (Å²) in [5.41, 5.74) is 1.82. The molecule has 1 aromatic heterocycles. The zero-order valence-electron chi connectivity index (χ0n) is 16.4. The summed E-state index contributed by atoms with van der Waals surface area (Å²) in [5, 5.41) is 7.19. The van der Waals surface area contributed by atoms with Crippen LogP contribution in [0.4, 0.5) is 0 Å². The summed E-state index contributed by atoms with van der Waals surface area (Å²) in [6, 6.07) is 18.0. The van der Waals surface area contributed by atoms with Crippen LogP contribution < -0.4 is 10.9 Å². The van der Waals surface area contributed by atoms with Gasteiger partial charge < -0.3 is 5.32 Å². The normalized spacial score (nSPS) is 17.6. The van der Waals surface area contributed by atoms with E-state index in [1.165, 1.54) is 7.05 Å². The van der Waals surface area contributed by atoms with Crippen LogP contribution in [0.1, 0.15) is 16.8 Å². The number of benzene rings is 2. The zero-order valence-corrected chi connectivity index (χ0v) is 17.2. The van der Waals surface area contributed by atoms with Gasteiger partial charge in [0, 0.05) is 24.2 Å². The van der Waals surface area contributed by atoms with E-state index >= 15 is 0 Å². The van der Waals surface area contributed by atoms with Crippen LogP contribution in [0, 0.1) is 0 Å².